The first-order valence-corrected chi connectivity index (χ1v) is 8.42. The van der Waals surface area contributed by atoms with Gasteiger partial charge in [0.15, 0.2) is 5.16 Å². The fourth-order valence-electron chi connectivity index (χ4n) is 2.44. The summed E-state index contributed by atoms with van der Waals surface area (Å²) in [6.07, 6.45) is 6.39. The molecule has 0 saturated carbocycles. The molecular weight excluding hydrogens is 288 g/mol. The summed E-state index contributed by atoms with van der Waals surface area (Å²) in [5.74, 6) is 0.211. The van der Waals surface area contributed by atoms with Crippen molar-refractivity contribution < 1.29 is 9.53 Å². The van der Waals surface area contributed by atoms with Crippen LogP contribution in [0.1, 0.15) is 32.6 Å². The lowest BCUT2D eigenvalue weighted by atomic mass is 10.2. The predicted octanol–water partition coefficient (Wildman–Crippen LogP) is 1.81. The fourth-order valence-corrected chi connectivity index (χ4v) is 3.37. The zero-order valence-electron chi connectivity index (χ0n) is 12.8. The van der Waals surface area contributed by atoms with Crippen LogP contribution >= 0.6 is 11.8 Å². The second-order valence-corrected chi connectivity index (χ2v) is 6.61. The van der Waals surface area contributed by atoms with Crippen LogP contribution in [-0.4, -0.2) is 57.6 Å². The Labute approximate surface area is 130 Å². The molecule has 0 aliphatic carbocycles. The van der Waals surface area contributed by atoms with E-state index in [1.54, 1.807) is 13.4 Å². The van der Waals surface area contributed by atoms with Gasteiger partial charge in [-0.1, -0.05) is 24.6 Å². The number of carbonyl (C=O) groups excluding carboxylic acids is 1. The molecule has 2 rings (SSSR count). The van der Waals surface area contributed by atoms with Gasteiger partial charge in [-0.3, -0.25) is 4.79 Å². The lowest BCUT2D eigenvalue weighted by molar-refractivity contribution is -0.130. The van der Waals surface area contributed by atoms with Crippen molar-refractivity contribution in [2.75, 3.05) is 26.8 Å². The van der Waals surface area contributed by atoms with Crippen LogP contribution in [0.3, 0.4) is 0 Å². The summed E-state index contributed by atoms with van der Waals surface area (Å²) in [7, 11) is 1.67. The van der Waals surface area contributed by atoms with Gasteiger partial charge in [-0.25, -0.2) is 0 Å². The Balaban J connectivity index is 1.92. The topological polar surface area (TPSA) is 60.2 Å². The van der Waals surface area contributed by atoms with Gasteiger partial charge in [-0.2, -0.15) is 0 Å². The Morgan fingerprint density at radius 2 is 2.10 bits per heavy atom. The lowest BCUT2D eigenvalue weighted by Gasteiger charge is -2.23. The van der Waals surface area contributed by atoms with Gasteiger partial charge in [-0.05, 0) is 19.8 Å². The molecule has 1 aliphatic heterocycles. The Bertz CT molecular complexity index is 444. The number of methoxy groups -OCH3 is 1. The molecule has 1 amide bonds. The van der Waals surface area contributed by atoms with Gasteiger partial charge in [0.2, 0.25) is 5.91 Å². The highest BCUT2D eigenvalue weighted by Crippen LogP contribution is 2.23. The average Bonchev–Trinajstić information content (AvgIpc) is 2.76. The molecule has 6 nitrogen and oxygen atoms in total. The van der Waals surface area contributed by atoms with E-state index in [0.717, 1.165) is 31.1 Å². The second kappa shape index (κ2) is 8.38. The summed E-state index contributed by atoms with van der Waals surface area (Å²) in [6.45, 7) is 5.05. The summed E-state index contributed by atoms with van der Waals surface area (Å²) >= 11 is 1.48. The molecule has 21 heavy (non-hydrogen) atoms. The van der Waals surface area contributed by atoms with Crippen molar-refractivity contribution in [3.63, 3.8) is 0 Å². The van der Waals surface area contributed by atoms with E-state index in [0.29, 0.717) is 13.2 Å². The molecule has 7 heteroatoms. The van der Waals surface area contributed by atoms with Crippen molar-refractivity contribution in [1.82, 2.24) is 19.7 Å². The number of amides is 1. The van der Waals surface area contributed by atoms with E-state index < -0.39 is 0 Å². The first-order chi connectivity index (χ1) is 10.2. The molecule has 118 valence electrons. The maximum atomic E-state index is 12.5. The van der Waals surface area contributed by atoms with Gasteiger partial charge in [0.25, 0.3) is 0 Å². The van der Waals surface area contributed by atoms with Crippen LogP contribution in [0.25, 0.3) is 0 Å². The first-order valence-electron chi connectivity index (χ1n) is 7.54. The van der Waals surface area contributed by atoms with Gasteiger partial charge in [-0.15, -0.1) is 10.2 Å². The minimum atomic E-state index is -0.131. The maximum Gasteiger partial charge on any atom is 0.235 e. The van der Waals surface area contributed by atoms with Crippen molar-refractivity contribution in [1.29, 1.82) is 0 Å². The van der Waals surface area contributed by atoms with Crippen LogP contribution in [0, 0.1) is 0 Å². The molecule has 1 saturated heterocycles. The Hall–Kier alpha value is -1.08. The molecule has 0 N–H and O–H groups in total. The standard InChI is InChI=1S/C14H24N4O2S/c1-12(13(19)17-7-5-3-4-6-8-17)21-14-16-15-11-18(14)9-10-20-2/h11-12H,3-10H2,1-2H3/t12-/m0/s1. The van der Waals surface area contributed by atoms with Crippen molar-refractivity contribution >= 4 is 17.7 Å². The van der Waals surface area contributed by atoms with E-state index in [9.17, 15) is 4.79 Å². The van der Waals surface area contributed by atoms with Crippen molar-refractivity contribution in [3.05, 3.63) is 6.33 Å². The third kappa shape index (κ3) is 4.71. The van der Waals surface area contributed by atoms with Crippen LogP contribution in [0.15, 0.2) is 11.5 Å². The molecule has 0 radical (unpaired) electrons. The normalized spacial score (nSPS) is 17.5. The number of likely N-dealkylation sites (tertiary alicyclic amines) is 1. The monoisotopic (exact) mass is 312 g/mol. The Morgan fingerprint density at radius 1 is 1.38 bits per heavy atom. The molecule has 1 atom stereocenters. The first kappa shape index (κ1) is 16.3. The van der Waals surface area contributed by atoms with Crippen molar-refractivity contribution in [2.45, 2.75) is 49.6 Å². The largest absolute Gasteiger partial charge is 0.383 e. The summed E-state index contributed by atoms with van der Waals surface area (Å²) in [5.41, 5.74) is 0. The molecular formula is C14H24N4O2S. The molecule has 0 spiro atoms. The van der Waals surface area contributed by atoms with Crippen LogP contribution in [-0.2, 0) is 16.1 Å². The van der Waals surface area contributed by atoms with Crippen molar-refractivity contribution in [2.24, 2.45) is 0 Å². The number of hydrogen-bond acceptors (Lipinski definition) is 5. The fraction of sp³-hybridized carbons (Fsp3) is 0.786. The predicted molar refractivity (Wildman–Crippen MR) is 82.3 cm³/mol. The molecule has 1 aliphatic rings. The minimum absolute atomic E-state index is 0.131. The number of rotatable bonds is 6. The van der Waals surface area contributed by atoms with E-state index in [1.165, 1.54) is 24.6 Å². The summed E-state index contributed by atoms with van der Waals surface area (Å²) in [5, 5.41) is 8.68. The van der Waals surface area contributed by atoms with E-state index in [-0.39, 0.29) is 11.2 Å². The highest BCUT2D eigenvalue weighted by Gasteiger charge is 2.23. The van der Waals surface area contributed by atoms with Gasteiger partial charge < -0.3 is 14.2 Å². The minimum Gasteiger partial charge on any atom is -0.383 e. The van der Waals surface area contributed by atoms with Gasteiger partial charge in [0.05, 0.1) is 11.9 Å². The third-order valence-electron chi connectivity index (χ3n) is 3.66. The molecule has 2 heterocycles. The molecule has 1 aromatic heterocycles. The van der Waals surface area contributed by atoms with Gasteiger partial charge >= 0.3 is 0 Å². The SMILES string of the molecule is COCCn1cnnc1S[C@@H](C)C(=O)N1CCCCCC1. The van der Waals surface area contributed by atoms with Gasteiger partial charge in [0.1, 0.15) is 6.33 Å². The van der Waals surface area contributed by atoms with Crippen LogP contribution in [0.2, 0.25) is 0 Å². The Kier molecular flexibility index (Phi) is 6.50. The number of carbonyl (C=O) groups is 1. The molecule has 1 fully saturated rings. The molecule has 0 unspecified atom stereocenters. The number of ether oxygens (including phenoxy) is 1. The van der Waals surface area contributed by atoms with Gasteiger partial charge in [0, 0.05) is 26.7 Å². The van der Waals surface area contributed by atoms with Crippen LogP contribution in [0.5, 0.6) is 0 Å². The molecule has 1 aromatic rings. The highest BCUT2D eigenvalue weighted by atomic mass is 32.2. The van der Waals surface area contributed by atoms with Crippen molar-refractivity contribution in [3.8, 4) is 0 Å². The third-order valence-corrected chi connectivity index (χ3v) is 4.75. The number of hydrogen-bond donors (Lipinski definition) is 0. The maximum absolute atomic E-state index is 12.5. The van der Waals surface area contributed by atoms with E-state index in [4.69, 9.17) is 4.74 Å². The summed E-state index contributed by atoms with van der Waals surface area (Å²) in [4.78, 5) is 14.5. The number of thioether (sulfide) groups is 1. The van der Waals surface area contributed by atoms with Crippen LogP contribution in [0.4, 0.5) is 0 Å². The smallest absolute Gasteiger partial charge is 0.235 e. The second-order valence-electron chi connectivity index (χ2n) is 5.30. The zero-order valence-corrected chi connectivity index (χ0v) is 13.6. The quantitative estimate of drug-likeness (QED) is 0.750. The number of nitrogens with zero attached hydrogens (tertiary/aromatic N) is 4. The van der Waals surface area contributed by atoms with E-state index in [1.807, 2.05) is 16.4 Å². The van der Waals surface area contributed by atoms with E-state index in [2.05, 4.69) is 10.2 Å². The van der Waals surface area contributed by atoms with E-state index >= 15 is 0 Å². The molecule has 0 bridgehead atoms. The van der Waals surface area contributed by atoms with Crippen LogP contribution < -0.4 is 0 Å². The average molecular weight is 312 g/mol. The highest BCUT2D eigenvalue weighted by molar-refractivity contribution is 8.00. The molecule has 0 aromatic carbocycles. The summed E-state index contributed by atoms with van der Waals surface area (Å²) < 4.78 is 7.00. The number of aromatic nitrogens is 3. The summed E-state index contributed by atoms with van der Waals surface area (Å²) in [6, 6.07) is 0. The zero-order chi connectivity index (χ0) is 15.1. The Morgan fingerprint density at radius 3 is 2.76 bits per heavy atom. The lowest BCUT2D eigenvalue weighted by Crippen LogP contribution is -2.37.